The van der Waals surface area contributed by atoms with Crippen LogP contribution in [-0.2, 0) is 12.6 Å². The molecule has 0 aliphatic rings. The number of alkyl halides is 3. The van der Waals surface area contributed by atoms with Crippen molar-refractivity contribution in [3.63, 3.8) is 0 Å². The van der Waals surface area contributed by atoms with Crippen LogP contribution in [0.4, 0.5) is 28.0 Å². The Hall–Kier alpha value is -2.75. The lowest BCUT2D eigenvalue weighted by Crippen LogP contribution is -2.35. The lowest BCUT2D eigenvalue weighted by Gasteiger charge is -2.17. The van der Waals surface area contributed by atoms with E-state index in [1.165, 1.54) is 30.3 Å². The molecule has 2 aromatic carbocycles. The van der Waals surface area contributed by atoms with Gasteiger partial charge in [-0.1, -0.05) is 24.9 Å². The molecule has 3 N–H and O–H groups in total. The zero-order valence-corrected chi connectivity index (χ0v) is 14.7. The van der Waals surface area contributed by atoms with E-state index in [-0.39, 0.29) is 24.1 Å². The highest BCUT2D eigenvalue weighted by Crippen LogP contribution is 2.32. The number of primary amides is 1. The predicted molar refractivity (Wildman–Crippen MR) is 94.9 cm³/mol. The minimum absolute atomic E-state index is 0.104. The molecule has 10 heteroatoms. The minimum atomic E-state index is -4.79. The summed E-state index contributed by atoms with van der Waals surface area (Å²) in [5.41, 5.74) is 4.19. The normalized spacial score (nSPS) is 11.1. The highest BCUT2D eigenvalue weighted by Gasteiger charge is 2.34. The maximum Gasteiger partial charge on any atom is 0.419 e. The van der Waals surface area contributed by atoms with Crippen LogP contribution in [0.5, 0.6) is 0 Å². The molecular weight excluding hydrogens is 386 g/mol. The van der Waals surface area contributed by atoms with E-state index < -0.39 is 29.5 Å². The molecule has 0 saturated carbocycles. The van der Waals surface area contributed by atoms with Crippen molar-refractivity contribution >= 4 is 30.4 Å². The van der Waals surface area contributed by atoms with Crippen LogP contribution in [0, 0.1) is 5.82 Å². The summed E-state index contributed by atoms with van der Waals surface area (Å²) in [6, 6.07) is 8.02. The molecular formula is C17H15F4N3O2S. The average molecular weight is 401 g/mol. The summed E-state index contributed by atoms with van der Waals surface area (Å²) in [6.45, 7) is -0.104. The number of carbonyl (C=O) groups is 2. The Morgan fingerprint density at radius 3 is 2.30 bits per heavy atom. The Balaban J connectivity index is 1.97. The summed E-state index contributed by atoms with van der Waals surface area (Å²) in [4.78, 5) is 23.1. The topological polar surface area (TPSA) is 75.4 Å². The van der Waals surface area contributed by atoms with Gasteiger partial charge in [0.25, 0.3) is 0 Å². The molecule has 0 unspecified atom stereocenters. The Labute approximate surface area is 157 Å². The van der Waals surface area contributed by atoms with Gasteiger partial charge in [-0.3, -0.25) is 4.79 Å². The van der Waals surface area contributed by atoms with Gasteiger partial charge in [-0.25, -0.2) is 13.5 Å². The fourth-order valence-corrected chi connectivity index (χ4v) is 2.46. The monoisotopic (exact) mass is 401 g/mol. The van der Waals surface area contributed by atoms with Crippen molar-refractivity contribution in [2.45, 2.75) is 12.6 Å². The molecule has 0 spiro atoms. The number of nitrogens with zero attached hydrogens (tertiary/aromatic N) is 1. The fourth-order valence-electron chi connectivity index (χ4n) is 2.25. The number of hydrogen-bond acceptors (Lipinski definition) is 3. The van der Waals surface area contributed by atoms with Crippen molar-refractivity contribution in [2.24, 2.45) is 5.73 Å². The van der Waals surface area contributed by atoms with E-state index in [0.29, 0.717) is 11.8 Å². The Kier molecular flexibility index (Phi) is 6.32. The van der Waals surface area contributed by atoms with E-state index in [4.69, 9.17) is 5.73 Å². The van der Waals surface area contributed by atoms with E-state index in [1.807, 2.05) is 0 Å². The molecule has 2 aromatic rings. The van der Waals surface area contributed by atoms with Gasteiger partial charge in [-0.05, 0) is 42.3 Å². The number of carbonyl (C=O) groups excluding carboxylic acids is 2. The van der Waals surface area contributed by atoms with Gasteiger partial charge in [-0.2, -0.15) is 13.2 Å². The van der Waals surface area contributed by atoms with E-state index in [0.717, 1.165) is 10.4 Å². The molecule has 144 valence electrons. The van der Waals surface area contributed by atoms with Gasteiger partial charge in [-0.15, -0.1) is 0 Å². The molecule has 0 fully saturated rings. The predicted octanol–water partition coefficient (Wildman–Crippen LogP) is 3.55. The molecule has 0 radical (unpaired) electrons. The van der Waals surface area contributed by atoms with E-state index in [2.05, 4.69) is 18.1 Å². The quantitative estimate of drug-likeness (QED) is 0.530. The molecule has 27 heavy (non-hydrogen) atoms. The lowest BCUT2D eigenvalue weighted by atomic mass is 10.1. The Morgan fingerprint density at radius 2 is 1.74 bits per heavy atom. The Morgan fingerprint density at radius 1 is 1.11 bits per heavy atom. The van der Waals surface area contributed by atoms with Gasteiger partial charge in [0.2, 0.25) is 5.91 Å². The van der Waals surface area contributed by atoms with Crippen LogP contribution in [0.25, 0.3) is 0 Å². The molecule has 0 aromatic heterocycles. The van der Waals surface area contributed by atoms with E-state index in [1.54, 1.807) is 0 Å². The van der Waals surface area contributed by atoms with Crippen LogP contribution in [0.2, 0.25) is 0 Å². The highest BCUT2D eigenvalue weighted by atomic mass is 32.1. The molecule has 0 heterocycles. The molecule has 5 nitrogen and oxygen atoms in total. The van der Waals surface area contributed by atoms with Crippen molar-refractivity contribution in [3.8, 4) is 0 Å². The van der Waals surface area contributed by atoms with Crippen LogP contribution in [0.1, 0.15) is 21.5 Å². The second-order valence-electron chi connectivity index (χ2n) is 5.48. The number of halogens is 4. The molecule has 3 amide bonds. The SMILES string of the molecule is NC(=O)c1ccc(N(S)C(=O)NCCc2cccc(C(F)(F)F)c2F)cc1. The highest BCUT2D eigenvalue weighted by molar-refractivity contribution is 7.82. The summed E-state index contributed by atoms with van der Waals surface area (Å²) in [7, 11) is 0. The van der Waals surface area contributed by atoms with Crippen molar-refractivity contribution in [1.82, 2.24) is 5.32 Å². The zero-order valence-electron chi connectivity index (χ0n) is 13.8. The van der Waals surface area contributed by atoms with Crippen molar-refractivity contribution < 1.29 is 27.2 Å². The van der Waals surface area contributed by atoms with Gasteiger partial charge >= 0.3 is 12.2 Å². The molecule has 2 rings (SSSR count). The average Bonchev–Trinajstić information content (AvgIpc) is 2.61. The van der Waals surface area contributed by atoms with Crippen LogP contribution >= 0.6 is 12.8 Å². The number of nitrogens with one attached hydrogen (secondary N) is 1. The van der Waals surface area contributed by atoms with Crippen molar-refractivity contribution in [1.29, 1.82) is 0 Å². The first-order valence-corrected chi connectivity index (χ1v) is 8.02. The second kappa shape index (κ2) is 8.30. The van der Waals surface area contributed by atoms with Gasteiger partial charge in [0, 0.05) is 12.1 Å². The molecule has 0 atom stereocenters. The number of nitrogens with two attached hydrogens (primary N) is 1. The smallest absolute Gasteiger partial charge is 0.366 e. The zero-order chi connectivity index (χ0) is 20.2. The number of thiol groups is 1. The maximum absolute atomic E-state index is 13.9. The number of rotatable bonds is 5. The molecule has 0 aliphatic carbocycles. The first-order valence-electron chi connectivity index (χ1n) is 7.62. The summed E-state index contributed by atoms with van der Waals surface area (Å²) >= 11 is 4.02. The van der Waals surface area contributed by atoms with Gasteiger partial charge in [0.15, 0.2) is 0 Å². The second-order valence-corrected chi connectivity index (χ2v) is 5.88. The number of anilines is 1. The van der Waals surface area contributed by atoms with E-state index >= 15 is 0 Å². The largest absolute Gasteiger partial charge is 0.419 e. The van der Waals surface area contributed by atoms with E-state index in [9.17, 15) is 27.2 Å². The third-order valence-electron chi connectivity index (χ3n) is 3.64. The van der Waals surface area contributed by atoms with Crippen LogP contribution in [-0.4, -0.2) is 18.5 Å². The summed E-state index contributed by atoms with van der Waals surface area (Å²) in [5, 5.41) is 2.42. The maximum atomic E-state index is 13.9. The minimum Gasteiger partial charge on any atom is -0.366 e. The Bertz CT molecular complexity index is 841. The number of urea groups is 1. The fraction of sp³-hybridized carbons (Fsp3) is 0.176. The first-order chi connectivity index (χ1) is 12.6. The van der Waals surface area contributed by atoms with Gasteiger partial charge in [0.1, 0.15) is 5.82 Å². The third-order valence-corrected chi connectivity index (χ3v) is 4.06. The summed E-state index contributed by atoms with van der Waals surface area (Å²) < 4.78 is 52.9. The van der Waals surface area contributed by atoms with Crippen molar-refractivity contribution in [2.75, 3.05) is 10.8 Å². The van der Waals surface area contributed by atoms with Crippen LogP contribution < -0.4 is 15.4 Å². The summed E-state index contributed by atoms with van der Waals surface area (Å²) in [5.74, 6) is -1.98. The number of amides is 3. The first kappa shape index (κ1) is 20.6. The van der Waals surface area contributed by atoms with Crippen molar-refractivity contribution in [3.05, 3.63) is 65.0 Å². The summed E-state index contributed by atoms with van der Waals surface area (Å²) in [6.07, 6.45) is -4.92. The van der Waals surface area contributed by atoms with Crippen LogP contribution in [0.3, 0.4) is 0 Å². The number of benzene rings is 2. The standard InChI is InChI=1S/C17H15F4N3O2S/c18-14-10(2-1-3-13(14)17(19,20)21)8-9-23-16(26)24(27)12-6-4-11(5-7-12)15(22)25/h1-7,27H,8-9H2,(H2,22,25)(H,23,26). The van der Waals surface area contributed by atoms with Crippen LogP contribution in [0.15, 0.2) is 42.5 Å². The number of hydrogen-bond donors (Lipinski definition) is 3. The molecule has 0 aliphatic heterocycles. The van der Waals surface area contributed by atoms with Gasteiger partial charge < -0.3 is 11.1 Å². The third kappa shape index (κ3) is 5.13. The van der Waals surface area contributed by atoms with Gasteiger partial charge in [0.05, 0.1) is 11.3 Å². The molecule has 0 bridgehead atoms. The molecule has 0 saturated heterocycles. The lowest BCUT2D eigenvalue weighted by molar-refractivity contribution is -0.140.